The average Bonchev–Trinajstić information content (AvgIpc) is 3.26. The van der Waals surface area contributed by atoms with Gasteiger partial charge in [0, 0.05) is 6.54 Å². The Labute approximate surface area is 169 Å². The van der Waals surface area contributed by atoms with Crippen molar-refractivity contribution in [1.29, 1.82) is 0 Å². The second-order valence-corrected chi connectivity index (χ2v) is 8.12. The number of urea groups is 1. The van der Waals surface area contributed by atoms with E-state index in [4.69, 9.17) is 11.6 Å². The van der Waals surface area contributed by atoms with Crippen LogP contribution in [0.2, 0.25) is 5.02 Å². The van der Waals surface area contributed by atoms with E-state index in [1.54, 1.807) is 17.4 Å². The molecule has 0 aliphatic carbocycles. The van der Waals surface area contributed by atoms with Crippen LogP contribution in [0.4, 0.5) is 9.18 Å². The average molecular weight is 419 g/mol. The molecule has 3 amide bonds. The Morgan fingerprint density at radius 2 is 2.07 bits per heavy atom. The highest BCUT2D eigenvalue weighted by molar-refractivity contribution is 7.18. The molecular formula is C19H16ClFN4O2S. The van der Waals surface area contributed by atoms with Crippen LogP contribution < -0.4 is 16.0 Å². The third-order valence-electron chi connectivity index (χ3n) is 4.50. The SMILES string of the molecule is Cc1nc2cc([C@H](NC(=O)C3CNC(=O)N3)c3ccc(F)c(Cl)c3)ccc2s1. The van der Waals surface area contributed by atoms with Gasteiger partial charge in [0.25, 0.3) is 0 Å². The zero-order valence-corrected chi connectivity index (χ0v) is 16.3. The molecule has 0 saturated carbocycles. The van der Waals surface area contributed by atoms with Gasteiger partial charge in [0.05, 0.1) is 26.3 Å². The molecule has 4 rings (SSSR count). The number of amides is 3. The molecule has 0 bridgehead atoms. The Kier molecular flexibility index (Phi) is 4.91. The summed E-state index contributed by atoms with van der Waals surface area (Å²) in [6.07, 6.45) is 0. The van der Waals surface area contributed by atoms with Crippen LogP contribution in [-0.4, -0.2) is 29.5 Å². The van der Waals surface area contributed by atoms with Gasteiger partial charge in [-0.25, -0.2) is 14.2 Å². The Bertz CT molecular complexity index is 1090. The van der Waals surface area contributed by atoms with Crippen molar-refractivity contribution in [3.8, 4) is 0 Å². The minimum Gasteiger partial charge on any atom is -0.343 e. The van der Waals surface area contributed by atoms with Gasteiger partial charge in [-0.05, 0) is 42.3 Å². The van der Waals surface area contributed by atoms with Crippen LogP contribution in [0.3, 0.4) is 0 Å². The van der Waals surface area contributed by atoms with E-state index in [0.717, 1.165) is 20.8 Å². The maximum atomic E-state index is 13.6. The number of rotatable bonds is 4. The number of thiazole rings is 1. The van der Waals surface area contributed by atoms with Crippen LogP contribution in [0.5, 0.6) is 0 Å². The van der Waals surface area contributed by atoms with Gasteiger partial charge in [0.2, 0.25) is 5.91 Å². The van der Waals surface area contributed by atoms with E-state index >= 15 is 0 Å². The lowest BCUT2D eigenvalue weighted by molar-refractivity contribution is -0.122. The lowest BCUT2D eigenvalue weighted by Gasteiger charge is -2.22. The minimum atomic E-state index is -0.684. The number of carbonyl (C=O) groups is 2. The summed E-state index contributed by atoms with van der Waals surface area (Å²) in [6, 6.07) is 8.42. The largest absolute Gasteiger partial charge is 0.343 e. The van der Waals surface area contributed by atoms with Gasteiger partial charge in [-0.15, -0.1) is 11.3 Å². The van der Waals surface area contributed by atoms with E-state index in [1.807, 2.05) is 25.1 Å². The number of benzene rings is 2. The summed E-state index contributed by atoms with van der Waals surface area (Å²) in [5, 5.41) is 8.96. The van der Waals surface area contributed by atoms with E-state index in [2.05, 4.69) is 20.9 Å². The lowest BCUT2D eigenvalue weighted by atomic mass is 9.98. The summed E-state index contributed by atoms with van der Waals surface area (Å²) >= 11 is 7.54. The Morgan fingerprint density at radius 3 is 2.79 bits per heavy atom. The van der Waals surface area contributed by atoms with Gasteiger partial charge >= 0.3 is 6.03 Å². The van der Waals surface area contributed by atoms with Crippen molar-refractivity contribution >= 4 is 45.1 Å². The fraction of sp³-hybridized carbons (Fsp3) is 0.211. The van der Waals surface area contributed by atoms with Gasteiger partial charge in [0.1, 0.15) is 11.9 Å². The summed E-state index contributed by atoms with van der Waals surface area (Å²) in [4.78, 5) is 28.5. The van der Waals surface area contributed by atoms with Crippen molar-refractivity contribution in [3.63, 3.8) is 0 Å². The molecule has 0 radical (unpaired) electrons. The van der Waals surface area contributed by atoms with Crippen molar-refractivity contribution in [3.05, 3.63) is 63.4 Å². The first-order valence-electron chi connectivity index (χ1n) is 8.57. The van der Waals surface area contributed by atoms with Crippen LogP contribution in [-0.2, 0) is 4.79 Å². The highest BCUT2D eigenvalue weighted by Crippen LogP contribution is 2.30. The van der Waals surface area contributed by atoms with Crippen LogP contribution >= 0.6 is 22.9 Å². The van der Waals surface area contributed by atoms with Crippen LogP contribution in [0, 0.1) is 12.7 Å². The molecule has 6 nitrogen and oxygen atoms in total. The summed E-state index contributed by atoms with van der Waals surface area (Å²) in [6.45, 7) is 2.13. The van der Waals surface area contributed by atoms with Gasteiger partial charge < -0.3 is 16.0 Å². The highest BCUT2D eigenvalue weighted by Gasteiger charge is 2.29. The number of nitrogens with one attached hydrogen (secondary N) is 3. The summed E-state index contributed by atoms with van der Waals surface area (Å²) < 4.78 is 14.7. The van der Waals surface area contributed by atoms with Gasteiger partial charge in [-0.2, -0.15) is 0 Å². The van der Waals surface area contributed by atoms with E-state index in [-0.39, 0.29) is 23.5 Å². The number of hydrogen-bond acceptors (Lipinski definition) is 4. The summed E-state index contributed by atoms with van der Waals surface area (Å²) in [7, 11) is 0. The van der Waals surface area contributed by atoms with Gasteiger partial charge in [-0.1, -0.05) is 23.7 Å². The molecule has 9 heteroatoms. The van der Waals surface area contributed by atoms with Crippen LogP contribution in [0.1, 0.15) is 22.2 Å². The third kappa shape index (κ3) is 3.65. The first kappa shape index (κ1) is 18.6. The molecule has 1 aliphatic heterocycles. The van der Waals surface area contributed by atoms with E-state index in [0.29, 0.717) is 5.56 Å². The molecule has 2 atom stereocenters. The second kappa shape index (κ2) is 7.37. The normalized spacial score (nSPS) is 17.2. The molecule has 1 unspecified atom stereocenters. The van der Waals surface area contributed by atoms with Gasteiger partial charge in [0.15, 0.2) is 0 Å². The smallest absolute Gasteiger partial charge is 0.315 e. The molecule has 1 fully saturated rings. The van der Waals surface area contributed by atoms with E-state index < -0.39 is 17.9 Å². The van der Waals surface area contributed by atoms with E-state index in [9.17, 15) is 14.0 Å². The zero-order valence-electron chi connectivity index (χ0n) is 14.8. The van der Waals surface area contributed by atoms with E-state index in [1.165, 1.54) is 12.1 Å². The molecule has 2 aromatic carbocycles. The Morgan fingerprint density at radius 1 is 1.32 bits per heavy atom. The summed E-state index contributed by atoms with van der Waals surface area (Å²) in [5.74, 6) is -0.883. The fourth-order valence-corrected chi connectivity index (χ4v) is 4.14. The molecule has 2 heterocycles. The number of nitrogens with zero attached hydrogens (tertiary/aromatic N) is 1. The number of carbonyl (C=O) groups excluding carboxylic acids is 2. The Hall–Kier alpha value is -2.71. The van der Waals surface area contributed by atoms with Crippen molar-refractivity contribution in [2.45, 2.75) is 19.0 Å². The zero-order chi connectivity index (χ0) is 19.8. The molecule has 28 heavy (non-hydrogen) atoms. The molecular weight excluding hydrogens is 403 g/mol. The molecule has 1 aliphatic rings. The fourth-order valence-electron chi connectivity index (χ4n) is 3.15. The molecule has 144 valence electrons. The Balaban J connectivity index is 1.72. The molecule has 1 saturated heterocycles. The topological polar surface area (TPSA) is 83.1 Å². The van der Waals surface area contributed by atoms with Crippen molar-refractivity contribution < 1.29 is 14.0 Å². The quantitative estimate of drug-likeness (QED) is 0.608. The van der Waals surface area contributed by atoms with Crippen LogP contribution in [0.15, 0.2) is 36.4 Å². The number of halogens is 2. The molecule has 3 N–H and O–H groups in total. The highest BCUT2D eigenvalue weighted by atomic mass is 35.5. The standard InChI is InChI=1S/C19H16ClFN4O2S/c1-9-23-14-7-11(3-5-16(14)28-9)17(10-2-4-13(21)12(20)6-10)25-18(26)15-8-22-19(27)24-15/h2-7,15,17H,8H2,1H3,(H,25,26)(H2,22,24,27)/t15?,17-/m1/s1. The van der Waals surface area contributed by atoms with Crippen molar-refractivity contribution in [2.75, 3.05) is 6.54 Å². The first-order chi connectivity index (χ1) is 13.4. The third-order valence-corrected chi connectivity index (χ3v) is 5.75. The lowest BCUT2D eigenvalue weighted by Crippen LogP contribution is -2.44. The van der Waals surface area contributed by atoms with Crippen LogP contribution in [0.25, 0.3) is 10.2 Å². The predicted molar refractivity (Wildman–Crippen MR) is 106 cm³/mol. The molecule has 0 spiro atoms. The van der Waals surface area contributed by atoms with Crippen molar-refractivity contribution in [2.24, 2.45) is 0 Å². The second-order valence-electron chi connectivity index (χ2n) is 6.48. The number of aryl methyl sites for hydroxylation is 1. The maximum Gasteiger partial charge on any atom is 0.315 e. The maximum absolute atomic E-state index is 13.6. The van der Waals surface area contributed by atoms with Crippen molar-refractivity contribution in [1.82, 2.24) is 20.9 Å². The molecule has 1 aromatic heterocycles. The predicted octanol–water partition coefficient (Wildman–Crippen LogP) is 3.28. The molecule has 3 aromatic rings. The minimum absolute atomic E-state index is 0.0295. The van der Waals surface area contributed by atoms with Gasteiger partial charge in [-0.3, -0.25) is 4.79 Å². The number of hydrogen-bond donors (Lipinski definition) is 3. The summed E-state index contributed by atoms with van der Waals surface area (Å²) in [5.41, 5.74) is 2.23. The number of fused-ring (bicyclic) bond motifs is 1. The first-order valence-corrected chi connectivity index (χ1v) is 9.77. The number of aromatic nitrogens is 1. The monoisotopic (exact) mass is 418 g/mol.